The number of pyridine rings is 1. The van der Waals surface area contributed by atoms with E-state index in [2.05, 4.69) is 20.9 Å². The van der Waals surface area contributed by atoms with Gasteiger partial charge < -0.3 is 5.73 Å². The first kappa shape index (κ1) is 8.87. The Labute approximate surface area is 78.7 Å². The quantitative estimate of drug-likeness (QED) is 0.757. The fourth-order valence-corrected chi connectivity index (χ4v) is 2.02. The lowest BCUT2D eigenvalue weighted by Crippen LogP contribution is -1.93. The van der Waals surface area contributed by atoms with Gasteiger partial charge in [0.1, 0.15) is 5.03 Å². The van der Waals surface area contributed by atoms with Crippen LogP contribution in [0.4, 0.5) is 5.69 Å². The van der Waals surface area contributed by atoms with Crippen molar-refractivity contribution in [2.75, 3.05) is 12.0 Å². The molecule has 4 heteroatoms. The average Bonchev–Trinajstić information content (AvgIpc) is 2.01. The molecule has 0 saturated heterocycles. The molecule has 0 saturated carbocycles. The highest BCUT2D eigenvalue weighted by molar-refractivity contribution is 9.10. The maximum atomic E-state index is 5.64. The standard InChI is InChI=1S/C7H9BrN2S/c1-4-5(9)3-10-7(11-2)6(4)8/h3H,9H2,1-2H3. The summed E-state index contributed by atoms with van der Waals surface area (Å²) in [5, 5.41) is 0.983. The van der Waals surface area contributed by atoms with E-state index >= 15 is 0 Å². The number of hydrogen-bond donors (Lipinski definition) is 1. The first-order valence-electron chi connectivity index (χ1n) is 3.11. The highest BCUT2D eigenvalue weighted by Crippen LogP contribution is 2.29. The van der Waals surface area contributed by atoms with Gasteiger partial charge in [0.2, 0.25) is 0 Å². The molecule has 0 fully saturated rings. The van der Waals surface area contributed by atoms with E-state index in [1.165, 1.54) is 0 Å². The molecule has 2 N–H and O–H groups in total. The second-order valence-corrected chi connectivity index (χ2v) is 3.75. The molecule has 0 amide bonds. The molecule has 1 rings (SSSR count). The van der Waals surface area contributed by atoms with Gasteiger partial charge >= 0.3 is 0 Å². The Morgan fingerprint density at radius 3 is 2.82 bits per heavy atom. The zero-order valence-electron chi connectivity index (χ0n) is 6.39. The van der Waals surface area contributed by atoms with Crippen LogP contribution in [0, 0.1) is 6.92 Å². The summed E-state index contributed by atoms with van der Waals surface area (Å²) in [6.45, 7) is 1.97. The smallest absolute Gasteiger partial charge is 0.110 e. The molecule has 0 bridgehead atoms. The van der Waals surface area contributed by atoms with Crippen LogP contribution in [0.3, 0.4) is 0 Å². The fourth-order valence-electron chi connectivity index (χ4n) is 0.711. The molecule has 1 heterocycles. The van der Waals surface area contributed by atoms with Crippen LogP contribution in [0.1, 0.15) is 5.56 Å². The Bertz CT molecular complexity index is 275. The van der Waals surface area contributed by atoms with Crippen LogP contribution >= 0.6 is 27.7 Å². The van der Waals surface area contributed by atoms with Gasteiger partial charge in [-0.15, -0.1) is 11.8 Å². The third-order valence-electron chi connectivity index (χ3n) is 1.46. The molecule has 0 aliphatic rings. The number of rotatable bonds is 1. The second kappa shape index (κ2) is 3.45. The van der Waals surface area contributed by atoms with Gasteiger partial charge in [0.15, 0.2) is 0 Å². The number of anilines is 1. The largest absolute Gasteiger partial charge is 0.397 e. The minimum Gasteiger partial charge on any atom is -0.397 e. The van der Waals surface area contributed by atoms with Gasteiger partial charge in [0.25, 0.3) is 0 Å². The van der Waals surface area contributed by atoms with E-state index in [4.69, 9.17) is 5.73 Å². The first-order valence-corrected chi connectivity index (χ1v) is 5.13. The Morgan fingerprint density at radius 1 is 1.64 bits per heavy atom. The van der Waals surface area contributed by atoms with Crippen molar-refractivity contribution in [1.82, 2.24) is 4.98 Å². The van der Waals surface area contributed by atoms with Gasteiger partial charge in [0, 0.05) is 0 Å². The molecule has 60 valence electrons. The molecule has 1 aromatic rings. The Morgan fingerprint density at radius 2 is 2.27 bits per heavy atom. The van der Waals surface area contributed by atoms with Crippen LogP contribution in [-0.2, 0) is 0 Å². The third kappa shape index (κ3) is 1.68. The monoisotopic (exact) mass is 232 g/mol. The zero-order valence-corrected chi connectivity index (χ0v) is 8.79. The predicted octanol–water partition coefficient (Wildman–Crippen LogP) is 2.46. The van der Waals surface area contributed by atoms with Crippen molar-refractivity contribution < 1.29 is 0 Å². The SMILES string of the molecule is CSc1ncc(N)c(C)c1Br. The second-order valence-electron chi connectivity index (χ2n) is 2.16. The third-order valence-corrected chi connectivity index (χ3v) is 3.39. The van der Waals surface area contributed by atoms with Crippen LogP contribution in [0.2, 0.25) is 0 Å². The van der Waals surface area contributed by atoms with Crippen molar-refractivity contribution in [3.05, 3.63) is 16.2 Å². The van der Waals surface area contributed by atoms with E-state index in [9.17, 15) is 0 Å². The van der Waals surface area contributed by atoms with E-state index in [1.54, 1.807) is 18.0 Å². The molecule has 0 unspecified atom stereocenters. The molecule has 0 atom stereocenters. The highest BCUT2D eigenvalue weighted by Gasteiger charge is 2.04. The number of hydrogen-bond acceptors (Lipinski definition) is 3. The van der Waals surface area contributed by atoms with E-state index < -0.39 is 0 Å². The zero-order chi connectivity index (χ0) is 8.43. The summed E-state index contributed by atoms with van der Waals surface area (Å²) in [7, 11) is 0. The van der Waals surface area contributed by atoms with Gasteiger partial charge in [-0.3, -0.25) is 0 Å². The van der Waals surface area contributed by atoms with E-state index in [-0.39, 0.29) is 0 Å². The van der Waals surface area contributed by atoms with E-state index in [0.29, 0.717) is 0 Å². The molecule has 0 spiro atoms. The first-order chi connectivity index (χ1) is 5.16. The molecule has 0 aliphatic carbocycles. The summed E-state index contributed by atoms with van der Waals surface area (Å²) in [5.41, 5.74) is 7.43. The number of nitrogen functional groups attached to an aromatic ring is 1. The van der Waals surface area contributed by atoms with Crippen LogP contribution < -0.4 is 5.73 Å². The van der Waals surface area contributed by atoms with Gasteiger partial charge in [-0.05, 0) is 34.7 Å². The number of aromatic nitrogens is 1. The predicted molar refractivity (Wildman–Crippen MR) is 52.9 cm³/mol. The Hall–Kier alpha value is -0.220. The fraction of sp³-hybridized carbons (Fsp3) is 0.286. The van der Waals surface area contributed by atoms with Crippen LogP contribution in [0.25, 0.3) is 0 Å². The van der Waals surface area contributed by atoms with Crippen molar-refractivity contribution in [3.63, 3.8) is 0 Å². The maximum absolute atomic E-state index is 5.64. The minimum atomic E-state index is 0.731. The minimum absolute atomic E-state index is 0.731. The van der Waals surface area contributed by atoms with Gasteiger partial charge in [-0.1, -0.05) is 0 Å². The molecule has 2 nitrogen and oxygen atoms in total. The lowest BCUT2D eigenvalue weighted by atomic mass is 10.3. The average molecular weight is 233 g/mol. The Kier molecular flexibility index (Phi) is 2.78. The number of nitrogens with zero attached hydrogens (tertiary/aromatic N) is 1. The summed E-state index contributed by atoms with van der Waals surface area (Å²) >= 11 is 5.03. The summed E-state index contributed by atoms with van der Waals surface area (Å²) < 4.78 is 1.00. The highest BCUT2D eigenvalue weighted by atomic mass is 79.9. The summed E-state index contributed by atoms with van der Waals surface area (Å²) in [4.78, 5) is 4.15. The van der Waals surface area contributed by atoms with E-state index in [1.807, 2.05) is 13.2 Å². The molecular weight excluding hydrogens is 224 g/mol. The molecule has 11 heavy (non-hydrogen) atoms. The lowest BCUT2D eigenvalue weighted by Gasteiger charge is -2.04. The molecular formula is C7H9BrN2S. The number of halogens is 1. The van der Waals surface area contributed by atoms with Crippen molar-refractivity contribution in [2.45, 2.75) is 11.9 Å². The van der Waals surface area contributed by atoms with Crippen molar-refractivity contribution in [1.29, 1.82) is 0 Å². The van der Waals surface area contributed by atoms with Crippen molar-refractivity contribution in [2.24, 2.45) is 0 Å². The van der Waals surface area contributed by atoms with Crippen LogP contribution in [0.5, 0.6) is 0 Å². The molecule has 0 aromatic carbocycles. The van der Waals surface area contributed by atoms with Gasteiger partial charge in [0.05, 0.1) is 16.4 Å². The van der Waals surface area contributed by atoms with Gasteiger partial charge in [-0.25, -0.2) is 4.98 Å². The lowest BCUT2D eigenvalue weighted by molar-refractivity contribution is 1.09. The summed E-state index contributed by atoms with van der Waals surface area (Å²) in [6, 6.07) is 0. The van der Waals surface area contributed by atoms with Crippen LogP contribution in [0.15, 0.2) is 15.7 Å². The molecule has 0 radical (unpaired) electrons. The summed E-state index contributed by atoms with van der Waals surface area (Å²) in [5.74, 6) is 0. The molecule has 1 aromatic heterocycles. The number of nitrogens with two attached hydrogens (primary N) is 1. The summed E-state index contributed by atoms with van der Waals surface area (Å²) in [6.07, 6.45) is 3.68. The van der Waals surface area contributed by atoms with Crippen LogP contribution in [-0.4, -0.2) is 11.2 Å². The normalized spacial score (nSPS) is 10.1. The van der Waals surface area contributed by atoms with E-state index in [0.717, 1.165) is 20.7 Å². The Balaban J connectivity index is 3.25. The van der Waals surface area contributed by atoms with Crippen molar-refractivity contribution in [3.8, 4) is 0 Å². The molecule has 0 aliphatic heterocycles. The number of thioether (sulfide) groups is 1. The van der Waals surface area contributed by atoms with Crippen molar-refractivity contribution >= 4 is 33.4 Å². The topological polar surface area (TPSA) is 38.9 Å². The van der Waals surface area contributed by atoms with Gasteiger partial charge in [-0.2, -0.15) is 0 Å². The maximum Gasteiger partial charge on any atom is 0.110 e.